The summed E-state index contributed by atoms with van der Waals surface area (Å²) in [5.74, 6) is 0. The van der Waals surface area contributed by atoms with Crippen LogP contribution in [0.25, 0.3) is 104 Å². The van der Waals surface area contributed by atoms with Crippen LogP contribution in [0.15, 0.2) is 176 Å². The van der Waals surface area contributed by atoms with Crippen LogP contribution in [0.5, 0.6) is 0 Å². The van der Waals surface area contributed by atoms with E-state index in [1.807, 2.05) is 0 Å². The molecule has 10 aromatic rings. The third-order valence-corrected chi connectivity index (χ3v) is 10.7. The van der Waals surface area contributed by atoms with Gasteiger partial charge in [0.05, 0.1) is 16.7 Å². The quantitative estimate of drug-likeness (QED) is 0.170. The highest BCUT2D eigenvalue weighted by Gasteiger charge is 2.25. The molecular formula is C48H29N. The zero-order valence-corrected chi connectivity index (χ0v) is 26.7. The molecule has 11 rings (SSSR count). The average Bonchev–Trinajstić information content (AvgIpc) is 3.44. The van der Waals surface area contributed by atoms with Crippen molar-refractivity contribution in [3.63, 3.8) is 0 Å². The maximum atomic E-state index is 2.50. The Bertz CT molecular complexity index is 2940. The number of nitrogens with zero attached hydrogens (tertiary/aromatic N) is 1. The lowest BCUT2D eigenvalue weighted by Gasteiger charge is -2.20. The summed E-state index contributed by atoms with van der Waals surface area (Å²) in [6.07, 6.45) is 0. The molecule has 1 aromatic heterocycles. The van der Waals surface area contributed by atoms with Crippen molar-refractivity contribution in [2.45, 2.75) is 0 Å². The third-order valence-electron chi connectivity index (χ3n) is 10.7. The van der Waals surface area contributed by atoms with E-state index in [1.165, 1.54) is 104 Å². The van der Waals surface area contributed by atoms with Gasteiger partial charge in [0, 0.05) is 21.9 Å². The molecule has 0 spiro atoms. The molecule has 1 nitrogen and oxygen atoms in total. The van der Waals surface area contributed by atoms with E-state index in [0.29, 0.717) is 0 Å². The second-order valence-corrected chi connectivity index (χ2v) is 13.2. The van der Waals surface area contributed by atoms with E-state index in [4.69, 9.17) is 0 Å². The number of benzene rings is 9. The predicted molar refractivity (Wildman–Crippen MR) is 209 cm³/mol. The van der Waals surface area contributed by atoms with E-state index in [9.17, 15) is 0 Å². The van der Waals surface area contributed by atoms with Gasteiger partial charge in [-0.05, 0) is 90.0 Å². The minimum absolute atomic E-state index is 1.22. The van der Waals surface area contributed by atoms with E-state index in [0.717, 1.165) is 0 Å². The molecule has 9 aromatic carbocycles. The Labute approximate surface area is 283 Å². The van der Waals surface area contributed by atoms with Crippen molar-refractivity contribution in [2.75, 3.05) is 0 Å². The lowest BCUT2D eigenvalue weighted by atomic mass is 9.84. The smallest absolute Gasteiger partial charge is 0.0619 e. The van der Waals surface area contributed by atoms with Crippen molar-refractivity contribution in [3.05, 3.63) is 176 Å². The van der Waals surface area contributed by atoms with E-state index in [1.54, 1.807) is 0 Å². The first kappa shape index (κ1) is 26.6. The second kappa shape index (κ2) is 10.0. The van der Waals surface area contributed by atoms with Gasteiger partial charge in [-0.25, -0.2) is 0 Å². The highest BCUT2D eigenvalue weighted by atomic mass is 15.0. The minimum Gasteiger partial charge on any atom is -0.308 e. The van der Waals surface area contributed by atoms with Crippen LogP contribution in [0, 0.1) is 0 Å². The molecule has 0 atom stereocenters. The summed E-state index contributed by atoms with van der Waals surface area (Å²) in [5, 5.41) is 10.2. The molecule has 0 radical (unpaired) electrons. The molecule has 0 amide bonds. The van der Waals surface area contributed by atoms with E-state index < -0.39 is 0 Å². The van der Waals surface area contributed by atoms with Gasteiger partial charge in [0.2, 0.25) is 0 Å². The largest absolute Gasteiger partial charge is 0.308 e. The van der Waals surface area contributed by atoms with Gasteiger partial charge in [-0.3, -0.25) is 0 Å². The van der Waals surface area contributed by atoms with Gasteiger partial charge in [0.15, 0.2) is 0 Å². The normalized spacial score (nSPS) is 12.1. The standard InChI is InChI=1S/C48H29N/c1-2-13-31-28-32(25-24-30(31)12-1)46-37-17-5-7-19-39(37)47(40-20-8-6-18-38(40)46)33-26-27-45-43(29-33)35-15-4-3-14-34(35)41-21-11-22-42-36-16-9-10-23-44(36)49(45)48(41)42/h1-29H. The van der Waals surface area contributed by atoms with Crippen molar-refractivity contribution >= 4 is 54.1 Å². The minimum atomic E-state index is 1.22. The molecule has 1 aliphatic rings. The first-order chi connectivity index (χ1) is 24.3. The van der Waals surface area contributed by atoms with Gasteiger partial charge in [-0.2, -0.15) is 0 Å². The summed E-state index contributed by atoms with van der Waals surface area (Å²) < 4.78 is 2.50. The summed E-state index contributed by atoms with van der Waals surface area (Å²) in [6.45, 7) is 0. The summed E-state index contributed by atoms with van der Waals surface area (Å²) >= 11 is 0. The highest BCUT2D eigenvalue weighted by Crippen LogP contribution is 2.49. The van der Waals surface area contributed by atoms with E-state index in [-0.39, 0.29) is 0 Å². The monoisotopic (exact) mass is 619 g/mol. The van der Waals surface area contributed by atoms with Gasteiger partial charge in [0.1, 0.15) is 0 Å². The van der Waals surface area contributed by atoms with Crippen LogP contribution in [-0.2, 0) is 0 Å². The molecular weight excluding hydrogens is 591 g/mol. The molecule has 49 heavy (non-hydrogen) atoms. The van der Waals surface area contributed by atoms with Gasteiger partial charge in [0.25, 0.3) is 0 Å². The molecule has 0 N–H and O–H groups in total. The molecule has 2 heterocycles. The van der Waals surface area contributed by atoms with Crippen LogP contribution in [0.3, 0.4) is 0 Å². The molecule has 0 bridgehead atoms. The number of rotatable bonds is 2. The molecule has 0 aliphatic carbocycles. The zero-order chi connectivity index (χ0) is 32.1. The van der Waals surface area contributed by atoms with Crippen molar-refractivity contribution < 1.29 is 0 Å². The van der Waals surface area contributed by atoms with Gasteiger partial charge in [-0.15, -0.1) is 0 Å². The average molecular weight is 620 g/mol. The second-order valence-electron chi connectivity index (χ2n) is 13.2. The Morgan fingerprint density at radius 1 is 0.306 bits per heavy atom. The molecule has 0 fully saturated rings. The fraction of sp³-hybridized carbons (Fsp3) is 0. The Hall–Kier alpha value is -6.44. The van der Waals surface area contributed by atoms with Crippen molar-refractivity contribution in [1.82, 2.24) is 4.57 Å². The molecule has 0 saturated heterocycles. The molecule has 226 valence electrons. The van der Waals surface area contributed by atoms with Crippen LogP contribution < -0.4 is 0 Å². The SMILES string of the molecule is c1ccc2c(c1)-c1cc(-c3c4ccccc4c(-c4ccc5ccccc5c4)c4ccccc34)ccc1-n1c3ccccc3c3cccc-2c31. The molecule has 0 saturated carbocycles. The van der Waals surface area contributed by atoms with E-state index in [2.05, 4.69) is 180 Å². The van der Waals surface area contributed by atoms with Crippen LogP contribution in [-0.4, -0.2) is 4.57 Å². The van der Waals surface area contributed by atoms with Gasteiger partial charge < -0.3 is 4.57 Å². The Morgan fingerprint density at radius 3 is 1.53 bits per heavy atom. The van der Waals surface area contributed by atoms with Crippen molar-refractivity contribution in [2.24, 2.45) is 0 Å². The van der Waals surface area contributed by atoms with Gasteiger partial charge in [-0.1, -0.05) is 152 Å². The molecule has 0 unspecified atom stereocenters. The van der Waals surface area contributed by atoms with Crippen LogP contribution >= 0.6 is 0 Å². The third kappa shape index (κ3) is 3.70. The topological polar surface area (TPSA) is 4.93 Å². The highest BCUT2D eigenvalue weighted by molar-refractivity contribution is 6.22. The molecule has 1 aliphatic heterocycles. The predicted octanol–water partition coefficient (Wildman–Crippen LogP) is 13.2. The summed E-state index contributed by atoms with van der Waals surface area (Å²) in [6, 6.07) is 65.2. The number of hydrogen-bond acceptors (Lipinski definition) is 0. The number of fused-ring (bicyclic) bond motifs is 11. The summed E-state index contributed by atoms with van der Waals surface area (Å²) in [4.78, 5) is 0. The number of aromatic nitrogens is 1. The van der Waals surface area contributed by atoms with Crippen LogP contribution in [0.1, 0.15) is 0 Å². The van der Waals surface area contributed by atoms with E-state index >= 15 is 0 Å². The lowest BCUT2D eigenvalue weighted by molar-refractivity contribution is 1.19. The van der Waals surface area contributed by atoms with Crippen molar-refractivity contribution in [3.8, 4) is 50.2 Å². The molecule has 1 heteroatoms. The zero-order valence-electron chi connectivity index (χ0n) is 26.7. The van der Waals surface area contributed by atoms with Crippen LogP contribution in [0.2, 0.25) is 0 Å². The summed E-state index contributed by atoms with van der Waals surface area (Å²) in [5.41, 5.74) is 13.8. The fourth-order valence-corrected chi connectivity index (χ4v) is 8.64. The van der Waals surface area contributed by atoms with Crippen LogP contribution in [0.4, 0.5) is 0 Å². The number of hydrogen-bond donors (Lipinski definition) is 0. The fourth-order valence-electron chi connectivity index (χ4n) is 8.64. The Morgan fingerprint density at radius 2 is 0.816 bits per heavy atom. The Balaban J connectivity index is 1.24. The maximum absolute atomic E-state index is 2.50. The maximum Gasteiger partial charge on any atom is 0.0619 e. The summed E-state index contributed by atoms with van der Waals surface area (Å²) in [7, 11) is 0. The number of para-hydroxylation sites is 2. The Kier molecular flexibility index (Phi) is 5.45. The first-order valence-corrected chi connectivity index (χ1v) is 17.0. The van der Waals surface area contributed by atoms with Crippen molar-refractivity contribution in [1.29, 1.82) is 0 Å². The van der Waals surface area contributed by atoms with Gasteiger partial charge >= 0.3 is 0 Å². The lowest BCUT2D eigenvalue weighted by Crippen LogP contribution is -1.97. The first-order valence-electron chi connectivity index (χ1n) is 17.0.